The van der Waals surface area contributed by atoms with Gasteiger partial charge >= 0.3 is 12.1 Å². The summed E-state index contributed by atoms with van der Waals surface area (Å²) < 4.78 is 43.8. The number of nitrogens with one attached hydrogen (secondary N) is 1. The van der Waals surface area contributed by atoms with Crippen molar-refractivity contribution in [3.8, 4) is 0 Å². The zero-order valence-electron chi connectivity index (χ0n) is 18.3. The summed E-state index contributed by atoms with van der Waals surface area (Å²) in [5.41, 5.74) is 0.257. The summed E-state index contributed by atoms with van der Waals surface area (Å²) in [4.78, 5) is 26.7. The molecule has 2 aromatic rings. The molecule has 1 amide bonds. The van der Waals surface area contributed by atoms with Gasteiger partial charge in [-0.05, 0) is 62.6 Å². The monoisotopic (exact) mass is 448 g/mol. The van der Waals surface area contributed by atoms with E-state index in [0.29, 0.717) is 24.1 Å². The van der Waals surface area contributed by atoms with Crippen molar-refractivity contribution in [1.82, 2.24) is 10.2 Å². The molecular formula is C24H27F3N2O3. The van der Waals surface area contributed by atoms with E-state index in [-0.39, 0.29) is 18.5 Å². The third-order valence-corrected chi connectivity index (χ3v) is 6.09. The first kappa shape index (κ1) is 23.8. The summed E-state index contributed by atoms with van der Waals surface area (Å²) in [6.07, 6.45) is -3.00. The van der Waals surface area contributed by atoms with E-state index in [1.165, 1.54) is 13.2 Å². The van der Waals surface area contributed by atoms with Crippen LogP contribution in [0.25, 0.3) is 0 Å². The van der Waals surface area contributed by atoms with Crippen molar-refractivity contribution in [3.63, 3.8) is 0 Å². The molecular weight excluding hydrogens is 421 g/mol. The molecule has 172 valence electrons. The van der Waals surface area contributed by atoms with Crippen LogP contribution >= 0.6 is 0 Å². The van der Waals surface area contributed by atoms with Gasteiger partial charge in [-0.3, -0.25) is 9.69 Å². The maximum atomic E-state index is 13.2. The summed E-state index contributed by atoms with van der Waals surface area (Å²) in [6, 6.07) is 11.7. The van der Waals surface area contributed by atoms with Gasteiger partial charge in [-0.25, -0.2) is 4.79 Å². The summed E-state index contributed by atoms with van der Waals surface area (Å²) >= 11 is 0. The van der Waals surface area contributed by atoms with Crippen LogP contribution in [-0.4, -0.2) is 36.0 Å². The lowest BCUT2D eigenvalue weighted by Crippen LogP contribution is -2.53. The molecule has 3 rings (SSSR count). The molecule has 1 N–H and O–H groups in total. The number of nitrogens with zero attached hydrogens (tertiary/aromatic N) is 1. The van der Waals surface area contributed by atoms with Crippen LogP contribution in [-0.2, 0) is 22.3 Å². The zero-order chi connectivity index (χ0) is 23.5. The highest BCUT2D eigenvalue weighted by molar-refractivity contribution is 5.89. The Labute approximate surface area is 185 Å². The van der Waals surface area contributed by atoms with Gasteiger partial charge in [-0.1, -0.05) is 30.3 Å². The second-order valence-corrected chi connectivity index (χ2v) is 8.31. The summed E-state index contributed by atoms with van der Waals surface area (Å²) in [5.74, 6) is -0.608. The van der Waals surface area contributed by atoms with Crippen LogP contribution in [0.3, 0.4) is 0 Å². The fourth-order valence-corrected chi connectivity index (χ4v) is 4.06. The molecule has 0 saturated carbocycles. The predicted octanol–water partition coefficient (Wildman–Crippen LogP) is 4.72. The van der Waals surface area contributed by atoms with Gasteiger partial charge in [-0.2, -0.15) is 13.2 Å². The van der Waals surface area contributed by atoms with Crippen LogP contribution in [0.15, 0.2) is 48.5 Å². The fraction of sp³-hybridized carbons (Fsp3) is 0.417. The van der Waals surface area contributed by atoms with Crippen molar-refractivity contribution in [3.05, 3.63) is 70.8 Å². The second-order valence-electron chi connectivity index (χ2n) is 8.31. The molecule has 1 fully saturated rings. The van der Waals surface area contributed by atoms with Crippen molar-refractivity contribution >= 4 is 11.9 Å². The van der Waals surface area contributed by atoms with Gasteiger partial charge in [0.15, 0.2) is 0 Å². The zero-order valence-corrected chi connectivity index (χ0v) is 18.3. The lowest BCUT2D eigenvalue weighted by molar-refractivity contribution is -0.137. The highest BCUT2D eigenvalue weighted by Crippen LogP contribution is 2.34. The van der Waals surface area contributed by atoms with Crippen LogP contribution in [0.5, 0.6) is 0 Å². The molecule has 1 saturated heterocycles. The molecule has 0 spiro atoms. The van der Waals surface area contributed by atoms with E-state index in [1.807, 2.05) is 18.7 Å². The number of hydrogen-bond donors (Lipinski definition) is 1. The maximum Gasteiger partial charge on any atom is 0.416 e. The number of hydrogen-bond acceptors (Lipinski definition) is 4. The molecule has 8 heteroatoms. The Morgan fingerprint density at radius 3 is 2.50 bits per heavy atom. The standard InChI is InChI=1S/C24H27F3N2O3/c1-16(18-8-10-19(11-9-18)21(30)32-3)28-22(31)23(2)12-5-13-29(23)15-17-6-4-7-20(14-17)24(25,26)27/h4,6-11,14,16H,5,12-13,15H2,1-3H3,(H,28,31). The number of halogens is 3. The van der Waals surface area contributed by atoms with Gasteiger partial charge in [0, 0.05) is 6.54 Å². The topological polar surface area (TPSA) is 58.6 Å². The van der Waals surface area contributed by atoms with Crippen molar-refractivity contribution < 1.29 is 27.5 Å². The molecule has 1 aliphatic rings. The predicted molar refractivity (Wildman–Crippen MR) is 114 cm³/mol. The quantitative estimate of drug-likeness (QED) is 0.650. The molecule has 32 heavy (non-hydrogen) atoms. The third kappa shape index (κ3) is 5.12. The summed E-state index contributed by atoms with van der Waals surface area (Å²) in [7, 11) is 1.31. The van der Waals surface area contributed by atoms with Gasteiger partial charge in [-0.15, -0.1) is 0 Å². The van der Waals surface area contributed by atoms with E-state index in [1.54, 1.807) is 30.3 Å². The van der Waals surface area contributed by atoms with Gasteiger partial charge < -0.3 is 10.1 Å². The first-order valence-corrected chi connectivity index (χ1v) is 10.4. The second kappa shape index (κ2) is 9.32. The third-order valence-electron chi connectivity index (χ3n) is 6.09. The number of alkyl halides is 3. The van der Waals surface area contributed by atoms with Crippen molar-refractivity contribution in [2.75, 3.05) is 13.7 Å². The Morgan fingerprint density at radius 2 is 1.88 bits per heavy atom. The van der Waals surface area contributed by atoms with Crippen LogP contribution in [0, 0.1) is 0 Å². The van der Waals surface area contributed by atoms with Crippen LogP contribution in [0.4, 0.5) is 13.2 Å². The lowest BCUT2D eigenvalue weighted by Gasteiger charge is -2.35. The van der Waals surface area contributed by atoms with Crippen molar-refractivity contribution in [1.29, 1.82) is 0 Å². The van der Waals surface area contributed by atoms with Crippen molar-refractivity contribution in [2.45, 2.75) is 51.0 Å². The number of likely N-dealkylation sites (tertiary alicyclic amines) is 1. The Hall–Kier alpha value is -2.87. The first-order chi connectivity index (χ1) is 15.0. The number of benzene rings is 2. The minimum absolute atomic E-state index is 0.175. The van der Waals surface area contributed by atoms with Gasteiger partial charge in [0.1, 0.15) is 0 Å². The highest BCUT2D eigenvalue weighted by Gasteiger charge is 2.43. The largest absolute Gasteiger partial charge is 0.465 e. The molecule has 2 unspecified atom stereocenters. The van der Waals surface area contributed by atoms with Gasteiger partial charge in [0.25, 0.3) is 0 Å². The number of amides is 1. The van der Waals surface area contributed by atoms with Crippen LogP contribution in [0.1, 0.15) is 59.8 Å². The number of carbonyl (C=O) groups is 2. The van der Waals surface area contributed by atoms with E-state index in [2.05, 4.69) is 5.32 Å². The molecule has 2 atom stereocenters. The number of esters is 1. The lowest BCUT2D eigenvalue weighted by atomic mass is 9.95. The Kier molecular flexibility index (Phi) is 6.93. The van der Waals surface area contributed by atoms with E-state index in [9.17, 15) is 22.8 Å². The summed E-state index contributed by atoms with van der Waals surface area (Å²) in [5, 5.41) is 3.02. The maximum absolute atomic E-state index is 13.2. The average molecular weight is 448 g/mol. The van der Waals surface area contributed by atoms with Gasteiger partial charge in [0.2, 0.25) is 5.91 Å². The average Bonchev–Trinajstić information content (AvgIpc) is 3.14. The van der Waals surface area contributed by atoms with E-state index in [0.717, 1.165) is 24.1 Å². The molecule has 0 aliphatic carbocycles. The number of carbonyl (C=O) groups excluding carboxylic acids is 2. The van der Waals surface area contributed by atoms with Gasteiger partial charge in [0.05, 0.1) is 29.8 Å². The number of methoxy groups -OCH3 is 1. The molecule has 1 aliphatic heterocycles. The smallest absolute Gasteiger partial charge is 0.416 e. The Morgan fingerprint density at radius 1 is 1.19 bits per heavy atom. The van der Waals surface area contributed by atoms with Crippen molar-refractivity contribution in [2.24, 2.45) is 0 Å². The minimum Gasteiger partial charge on any atom is -0.465 e. The highest BCUT2D eigenvalue weighted by atomic mass is 19.4. The Bertz CT molecular complexity index is 975. The summed E-state index contributed by atoms with van der Waals surface area (Å²) in [6.45, 7) is 4.56. The molecule has 0 radical (unpaired) electrons. The SMILES string of the molecule is COC(=O)c1ccc(C(C)NC(=O)C2(C)CCCN2Cc2cccc(C(F)(F)F)c2)cc1. The van der Waals surface area contributed by atoms with E-state index < -0.39 is 23.2 Å². The molecule has 1 heterocycles. The van der Waals surface area contributed by atoms with Crippen LogP contribution < -0.4 is 5.32 Å². The number of ether oxygens (including phenoxy) is 1. The van der Waals surface area contributed by atoms with E-state index in [4.69, 9.17) is 4.74 Å². The number of rotatable bonds is 6. The van der Waals surface area contributed by atoms with Crippen LogP contribution in [0.2, 0.25) is 0 Å². The molecule has 0 bridgehead atoms. The first-order valence-electron chi connectivity index (χ1n) is 10.4. The normalized spacial score (nSPS) is 20.1. The fourth-order valence-electron chi connectivity index (χ4n) is 4.06. The molecule has 5 nitrogen and oxygen atoms in total. The molecule has 0 aromatic heterocycles. The van der Waals surface area contributed by atoms with E-state index >= 15 is 0 Å². The minimum atomic E-state index is -4.40. The molecule has 2 aromatic carbocycles. The Balaban J connectivity index is 1.70.